The third kappa shape index (κ3) is 4.24. The van der Waals surface area contributed by atoms with Gasteiger partial charge in [-0.2, -0.15) is 0 Å². The normalized spacial score (nSPS) is 28.3. The molecule has 0 aliphatic heterocycles. The number of hydrogen-bond acceptors (Lipinski definition) is 2. The molecule has 0 radical (unpaired) electrons. The van der Waals surface area contributed by atoms with Gasteiger partial charge in [-0.3, -0.25) is 11.3 Å². The summed E-state index contributed by atoms with van der Waals surface area (Å²) >= 11 is 0. The van der Waals surface area contributed by atoms with Gasteiger partial charge in [0.25, 0.3) is 0 Å². The van der Waals surface area contributed by atoms with Crippen LogP contribution < -0.4 is 11.3 Å². The largest absolute Gasteiger partial charge is 0.271 e. The number of terminal acetylenes is 1. The predicted octanol–water partition coefficient (Wildman–Crippen LogP) is 2.45. The van der Waals surface area contributed by atoms with E-state index in [9.17, 15) is 0 Å². The Labute approximate surface area is 94.0 Å². The molecule has 1 rings (SSSR count). The smallest absolute Gasteiger partial charge is 0.0239 e. The van der Waals surface area contributed by atoms with E-state index in [2.05, 4.69) is 18.3 Å². The molecular weight excluding hydrogens is 184 g/mol. The Balaban J connectivity index is 2.33. The summed E-state index contributed by atoms with van der Waals surface area (Å²) in [6, 6.07) is 0.473. The number of hydrogen-bond donors (Lipinski definition) is 2. The third-order valence-corrected chi connectivity index (χ3v) is 3.60. The van der Waals surface area contributed by atoms with Gasteiger partial charge in [-0.1, -0.05) is 19.8 Å². The predicted molar refractivity (Wildman–Crippen MR) is 64.9 cm³/mol. The van der Waals surface area contributed by atoms with E-state index in [4.69, 9.17) is 12.3 Å². The standard InChI is InChI=1S/C13H24N2/c1-3-4-5-9-13(15-14)12-8-6-7-11(2)10-12/h1,11-13,15H,4-10,14H2,2H3. The minimum atomic E-state index is 0.473. The van der Waals surface area contributed by atoms with Crippen LogP contribution in [-0.4, -0.2) is 6.04 Å². The van der Waals surface area contributed by atoms with Gasteiger partial charge in [0, 0.05) is 12.5 Å². The molecule has 2 nitrogen and oxygen atoms in total. The van der Waals surface area contributed by atoms with Crippen LogP contribution >= 0.6 is 0 Å². The maximum absolute atomic E-state index is 5.63. The van der Waals surface area contributed by atoms with E-state index in [0.717, 1.165) is 31.1 Å². The van der Waals surface area contributed by atoms with E-state index in [1.807, 2.05) is 0 Å². The minimum absolute atomic E-state index is 0.473. The zero-order valence-corrected chi connectivity index (χ0v) is 9.84. The first-order chi connectivity index (χ1) is 7.27. The van der Waals surface area contributed by atoms with Crippen LogP contribution in [0.1, 0.15) is 51.9 Å². The van der Waals surface area contributed by atoms with Crippen molar-refractivity contribution in [3.8, 4) is 12.3 Å². The maximum atomic E-state index is 5.63. The van der Waals surface area contributed by atoms with Gasteiger partial charge < -0.3 is 0 Å². The zero-order chi connectivity index (χ0) is 11.1. The summed E-state index contributed by atoms with van der Waals surface area (Å²) in [7, 11) is 0. The average Bonchev–Trinajstić information content (AvgIpc) is 2.24. The number of unbranched alkanes of at least 4 members (excludes halogenated alkanes) is 1. The van der Waals surface area contributed by atoms with Gasteiger partial charge in [-0.05, 0) is 37.5 Å². The molecule has 3 N–H and O–H groups in total. The molecule has 0 amide bonds. The van der Waals surface area contributed by atoms with Crippen LogP contribution in [0.5, 0.6) is 0 Å². The second-order valence-corrected chi connectivity index (χ2v) is 4.90. The summed E-state index contributed by atoms with van der Waals surface area (Å²) < 4.78 is 0. The SMILES string of the molecule is C#CCCCC(NN)C1CCCC(C)C1. The summed E-state index contributed by atoms with van der Waals surface area (Å²) in [4.78, 5) is 0. The maximum Gasteiger partial charge on any atom is 0.0239 e. The van der Waals surface area contributed by atoms with E-state index in [0.29, 0.717) is 6.04 Å². The highest BCUT2D eigenvalue weighted by molar-refractivity contribution is 4.85. The lowest BCUT2D eigenvalue weighted by Crippen LogP contribution is -2.42. The Morgan fingerprint density at radius 3 is 2.93 bits per heavy atom. The molecule has 1 saturated carbocycles. The van der Waals surface area contributed by atoms with Crippen molar-refractivity contribution in [2.24, 2.45) is 17.7 Å². The highest BCUT2D eigenvalue weighted by Gasteiger charge is 2.25. The summed E-state index contributed by atoms with van der Waals surface area (Å²) in [6.45, 7) is 2.35. The second-order valence-electron chi connectivity index (χ2n) is 4.90. The molecule has 2 heteroatoms. The Bertz CT molecular complexity index is 207. The van der Waals surface area contributed by atoms with Gasteiger partial charge in [0.15, 0.2) is 0 Å². The molecule has 0 aromatic heterocycles. The number of nitrogens with two attached hydrogens (primary N) is 1. The molecule has 3 atom stereocenters. The van der Waals surface area contributed by atoms with Gasteiger partial charge in [-0.15, -0.1) is 12.3 Å². The molecule has 0 heterocycles. The van der Waals surface area contributed by atoms with Crippen molar-refractivity contribution in [3.05, 3.63) is 0 Å². The summed E-state index contributed by atoms with van der Waals surface area (Å²) in [5.41, 5.74) is 2.98. The van der Waals surface area contributed by atoms with Crippen molar-refractivity contribution in [2.45, 2.75) is 57.9 Å². The van der Waals surface area contributed by atoms with Crippen molar-refractivity contribution < 1.29 is 0 Å². The molecule has 3 unspecified atom stereocenters. The molecule has 1 aliphatic carbocycles. The van der Waals surface area contributed by atoms with Gasteiger partial charge >= 0.3 is 0 Å². The molecule has 0 bridgehead atoms. The molecule has 0 saturated heterocycles. The molecular formula is C13H24N2. The van der Waals surface area contributed by atoms with Crippen LogP contribution in [0.4, 0.5) is 0 Å². The molecule has 0 spiro atoms. The molecule has 0 aromatic rings. The number of nitrogens with one attached hydrogen (secondary N) is 1. The monoisotopic (exact) mass is 208 g/mol. The molecule has 1 aliphatic rings. The fraction of sp³-hybridized carbons (Fsp3) is 0.846. The summed E-state index contributed by atoms with van der Waals surface area (Å²) in [5.74, 6) is 9.95. The Morgan fingerprint density at radius 2 is 2.33 bits per heavy atom. The zero-order valence-electron chi connectivity index (χ0n) is 9.84. The van der Waals surface area contributed by atoms with Gasteiger partial charge in [0.1, 0.15) is 0 Å². The molecule has 0 aromatic carbocycles. The van der Waals surface area contributed by atoms with Gasteiger partial charge in [-0.25, -0.2) is 0 Å². The highest BCUT2D eigenvalue weighted by atomic mass is 15.2. The van der Waals surface area contributed by atoms with Crippen molar-refractivity contribution >= 4 is 0 Å². The first kappa shape index (κ1) is 12.5. The van der Waals surface area contributed by atoms with Crippen LogP contribution in [0, 0.1) is 24.2 Å². The van der Waals surface area contributed by atoms with E-state index in [1.165, 1.54) is 25.7 Å². The summed E-state index contributed by atoms with van der Waals surface area (Å²) in [5, 5.41) is 0. The lowest BCUT2D eigenvalue weighted by molar-refractivity contribution is 0.214. The molecule has 1 fully saturated rings. The van der Waals surface area contributed by atoms with Crippen LogP contribution in [0.25, 0.3) is 0 Å². The van der Waals surface area contributed by atoms with E-state index in [-0.39, 0.29) is 0 Å². The first-order valence-electron chi connectivity index (χ1n) is 6.17. The van der Waals surface area contributed by atoms with Crippen LogP contribution in [-0.2, 0) is 0 Å². The van der Waals surface area contributed by atoms with E-state index >= 15 is 0 Å². The van der Waals surface area contributed by atoms with Crippen molar-refractivity contribution in [3.63, 3.8) is 0 Å². The Hall–Kier alpha value is -0.520. The minimum Gasteiger partial charge on any atom is -0.271 e. The molecule has 15 heavy (non-hydrogen) atoms. The lowest BCUT2D eigenvalue weighted by atomic mass is 9.77. The topological polar surface area (TPSA) is 38.0 Å². The van der Waals surface area contributed by atoms with Crippen molar-refractivity contribution in [1.82, 2.24) is 5.43 Å². The van der Waals surface area contributed by atoms with Gasteiger partial charge in [0.2, 0.25) is 0 Å². The van der Waals surface area contributed by atoms with Crippen LogP contribution in [0.3, 0.4) is 0 Å². The fourth-order valence-electron chi connectivity index (χ4n) is 2.73. The number of hydrazine groups is 1. The quantitative estimate of drug-likeness (QED) is 0.315. The van der Waals surface area contributed by atoms with Crippen molar-refractivity contribution in [2.75, 3.05) is 0 Å². The second kappa shape index (κ2) is 6.87. The Morgan fingerprint density at radius 1 is 1.53 bits per heavy atom. The lowest BCUT2D eigenvalue weighted by Gasteiger charge is -2.32. The van der Waals surface area contributed by atoms with E-state index < -0.39 is 0 Å². The van der Waals surface area contributed by atoms with E-state index in [1.54, 1.807) is 0 Å². The highest BCUT2D eigenvalue weighted by Crippen LogP contribution is 2.31. The van der Waals surface area contributed by atoms with Crippen LogP contribution in [0.15, 0.2) is 0 Å². The Kier molecular flexibility index (Phi) is 5.75. The average molecular weight is 208 g/mol. The fourth-order valence-corrected chi connectivity index (χ4v) is 2.73. The van der Waals surface area contributed by atoms with Gasteiger partial charge in [0.05, 0.1) is 0 Å². The van der Waals surface area contributed by atoms with Crippen LogP contribution in [0.2, 0.25) is 0 Å². The first-order valence-corrected chi connectivity index (χ1v) is 6.17. The third-order valence-electron chi connectivity index (χ3n) is 3.60. The number of rotatable bonds is 5. The summed E-state index contributed by atoms with van der Waals surface area (Å²) in [6.07, 6.45) is 13.7. The molecule has 86 valence electrons. The van der Waals surface area contributed by atoms with Crippen molar-refractivity contribution in [1.29, 1.82) is 0 Å².